The van der Waals surface area contributed by atoms with Crippen LogP contribution in [-0.4, -0.2) is 36.3 Å². The topological polar surface area (TPSA) is 47.9 Å². The summed E-state index contributed by atoms with van der Waals surface area (Å²) in [6.07, 6.45) is 9.79. The number of aliphatic hydroxyl groups excluding tert-OH is 1. The zero-order valence-corrected chi connectivity index (χ0v) is 11.8. The molecular weight excluding hydrogens is 244 g/mol. The Balaban J connectivity index is 1.67. The molecule has 0 aromatic heterocycles. The van der Waals surface area contributed by atoms with Crippen molar-refractivity contribution in [2.45, 2.75) is 57.5 Å². The van der Waals surface area contributed by atoms with Gasteiger partial charge < -0.3 is 19.3 Å². The molecular formula is C15H24O4. The minimum absolute atomic E-state index is 0.0106. The molecule has 2 rings (SSSR count). The molecule has 0 amide bonds. The van der Waals surface area contributed by atoms with E-state index in [0.29, 0.717) is 6.61 Å². The van der Waals surface area contributed by atoms with Crippen LogP contribution in [0, 0.1) is 0 Å². The highest BCUT2D eigenvalue weighted by Crippen LogP contribution is 2.30. The van der Waals surface area contributed by atoms with E-state index in [0.717, 1.165) is 25.7 Å². The lowest BCUT2D eigenvalue weighted by Gasteiger charge is -2.17. The Morgan fingerprint density at radius 3 is 2.74 bits per heavy atom. The van der Waals surface area contributed by atoms with Gasteiger partial charge in [0.1, 0.15) is 12.7 Å². The summed E-state index contributed by atoms with van der Waals surface area (Å²) >= 11 is 0. The zero-order chi connectivity index (χ0) is 13.7. The second-order valence-corrected chi connectivity index (χ2v) is 5.61. The minimum atomic E-state index is -0.567. The van der Waals surface area contributed by atoms with Crippen LogP contribution < -0.4 is 0 Å². The van der Waals surface area contributed by atoms with Crippen molar-refractivity contribution in [2.75, 3.05) is 13.2 Å². The summed E-state index contributed by atoms with van der Waals surface area (Å²) in [7, 11) is 0. The molecule has 0 aromatic carbocycles. The van der Waals surface area contributed by atoms with Gasteiger partial charge in [-0.2, -0.15) is 0 Å². The molecule has 108 valence electrons. The Hall–Kier alpha value is -0.840. The fraction of sp³-hybridized carbons (Fsp3) is 0.733. The molecule has 0 spiro atoms. The van der Waals surface area contributed by atoms with Gasteiger partial charge in [-0.15, -0.1) is 0 Å². The SMILES string of the molecule is CC1(C)OC(CO)C(CCCCC2=CC=COC2)O1. The highest BCUT2D eigenvalue weighted by atomic mass is 16.8. The first kappa shape index (κ1) is 14.6. The van der Waals surface area contributed by atoms with Gasteiger partial charge >= 0.3 is 0 Å². The van der Waals surface area contributed by atoms with Crippen molar-refractivity contribution in [3.8, 4) is 0 Å². The molecule has 19 heavy (non-hydrogen) atoms. The quantitative estimate of drug-likeness (QED) is 0.752. The van der Waals surface area contributed by atoms with Crippen molar-refractivity contribution in [3.63, 3.8) is 0 Å². The number of aliphatic hydroxyl groups is 1. The van der Waals surface area contributed by atoms with Gasteiger partial charge in [-0.3, -0.25) is 0 Å². The normalized spacial score (nSPS) is 29.1. The molecule has 0 aromatic rings. The van der Waals surface area contributed by atoms with E-state index in [-0.39, 0.29) is 18.8 Å². The second-order valence-electron chi connectivity index (χ2n) is 5.61. The molecule has 2 atom stereocenters. The molecule has 2 aliphatic rings. The van der Waals surface area contributed by atoms with Crippen molar-refractivity contribution >= 4 is 0 Å². The molecule has 0 bridgehead atoms. The fourth-order valence-corrected chi connectivity index (χ4v) is 2.60. The third-order valence-corrected chi connectivity index (χ3v) is 3.48. The van der Waals surface area contributed by atoms with Crippen molar-refractivity contribution in [3.05, 3.63) is 24.0 Å². The average molecular weight is 268 g/mol. The third-order valence-electron chi connectivity index (χ3n) is 3.48. The Bertz CT molecular complexity index is 346. The maximum atomic E-state index is 9.29. The van der Waals surface area contributed by atoms with Crippen molar-refractivity contribution in [2.24, 2.45) is 0 Å². The summed E-state index contributed by atoms with van der Waals surface area (Å²) in [6.45, 7) is 4.53. The molecule has 4 heteroatoms. The number of rotatable bonds is 6. The lowest BCUT2D eigenvalue weighted by Crippen LogP contribution is -2.26. The molecule has 1 saturated heterocycles. The van der Waals surface area contributed by atoms with Crippen LogP contribution in [0.25, 0.3) is 0 Å². The molecule has 1 N–H and O–H groups in total. The summed E-state index contributed by atoms with van der Waals surface area (Å²) < 4.78 is 16.7. The van der Waals surface area contributed by atoms with Crippen LogP contribution in [0.4, 0.5) is 0 Å². The Kier molecular flexibility index (Phi) is 5.02. The van der Waals surface area contributed by atoms with Gasteiger partial charge in [0.05, 0.1) is 19.0 Å². The monoisotopic (exact) mass is 268 g/mol. The molecule has 0 aliphatic carbocycles. The first-order chi connectivity index (χ1) is 9.11. The van der Waals surface area contributed by atoms with E-state index in [4.69, 9.17) is 14.2 Å². The lowest BCUT2D eigenvalue weighted by atomic mass is 10.0. The van der Waals surface area contributed by atoms with E-state index in [2.05, 4.69) is 6.08 Å². The van der Waals surface area contributed by atoms with E-state index >= 15 is 0 Å². The Morgan fingerprint density at radius 1 is 1.26 bits per heavy atom. The molecule has 1 fully saturated rings. The second kappa shape index (κ2) is 6.55. The van der Waals surface area contributed by atoms with Gasteiger partial charge in [0, 0.05) is 0 Å². The van der Waals surface area contributed by atoms with Crippen LogP contribution in [0.3, 0.4) is 0 Å². The standard InChI is InChI=1S/C15H24O4/c1-15(2)18-13(14(10-16)19-15)8-4-3-6-12-7-5-9-17-11-12/h5,7,9,13-14,16H,3-4,6,8,10-11H2,1-2H3. The van der Waals surface area contributed by atoms with Gasteiger partial charge in [-0.1, -0.05) is 12.5 Å². The summed E-state index contributed by atoms with van der Waals surface area (Å²) in [5.41, 5.74) is 1.34. The van der Waals surface area contributed by atoms with Crippen LogP contribution >= 0.6 is 0 Å². The first-order valence-electron chi connectivity index (χ1n) is 7.03. The van der Waals surface area contributed by atoms with Gasteiger partial charge in [-0.25, -0.2) is 0 Å². The maximum Gasteiger partial charge on any atom is 0.163 e. The summed E-state index contributed by atoms with van der Waals surface area (Å²) in [6, 6.07) is 0. The minimum Gasteiger partial charge on any atom is -0.497 e. The number of hydrogen-bond acceptors (Lipinski definition) is 4. The zero-order valence-electron chi connectivity index (χ0n) is 11.8. The van der Waals surface area contributed by atoms with Crippen LogP contribution in [0.15, 0.2) is 24.0 Å². The van der Waals surface area contributed by atoms with E-state index in [9.17, 15) is 5.11 Å². The van der Waals surface area contributed by atoms with E-state index in [1.165, 1.54) is 5.57 Å². The predicted molar refractivity (Wildman–Crippen MR) is 72.6 cm³/mol. The highest BCUT2D eigenvalue weighted by Gasteiger charge is 2.40. The third kappa shape index (κ3) is 4.34. The smallest absolute Gasteiger partial charge is 0.163 e. The summed E-state index contributed by atoms with van der Waals surface area (Å²) in [5, 5.41) is 9.29. The molecule has 2 aliphatic heterocycles. The highest BCUT2D eigenvalue weighted by molar-refractivity contribution is 5.14. The molecule has 2 heterocycles. The average Bonchev–Trinajstić information content (AvgIpc) is 2.70. The number of unbranched alkanes of at least 4 members (excludes halogenated alkanes) is 1. The number of hydrogen-bond donors (Lipinski definition) is 1. The van der Waals surface area contributed by atoms with E-state index < -0.39 is 5.79 Å². The molecule has 4 nitrogen and oxygen atoms in total. The fourth-order valence-electron chi connectivity index (χ4n) is 2.60. The molecule has 2 unspecified atom stereocenters. The van der Waals surface area contributed by atoms with Gasteiger partial charge in [0.15, 0.2) is 5.79 Å². The van der Waals surface area contributed by atoms with Crippen molar-refractivity contribution in [1.82, 2.24) is 0 Å². The Labute approximate surface area is 115 Å². The van der Waals surface area contributed by atoms with E-state index in [1.54, 1.807) is 6.26 Å². The van der Waals surface area contributed by atoms with Gasteiger partial charge in [0.2, 0.25) is 0 Å². The van der Waals surface area contributed by atoms with Gasteiger partial charge in [0.25, 0.3) is 0 Å². The van der Waals surface area contributed by atoms with Gasteiger partial charge in [-0.05, 0) is 44.8 Å². The number of ether oxygens (including phenoxy) is 3. The summed E-state index contributed by atoms with van der Waals surface area (Å²) in [4.78, 5) is 0. The summed E-state index contributed by atoms with van der Waals surface area (Å²) in [5.74, 6) is -0.567. The van der Waals surface area contributed by atoms with Crippen LogP contribution in [0.1, 0.15) is 39.5 Å². The Morgan fingerprint density at radius 2 is 2.05 bits per heavy atom. The molecule has 0 saturated carbocycles. The maximum absolute atomic E-state index is 9.29. The van der Waals surface area contributed by atoms with Crippen LogP contribution in [0.5, 0.6) is 0 Å². The van der Waals surface area contributed by atoms with E-state index in [1.807, 2.05) is 19.9 Å². The van der Waals surface area contributed by atoms with Crippen molar-refractivity contribution in [1.29, 1.82) is 0 Å². The molecule has 0 radical (unpaired) electrons. The number of allylic oxidation sites excluding steroid dienone is 2. The first-order valence-corrected chi connectivity index (χ1v) is 7.03. The predicted octanol–water partition coefficient (Wildman–Crippen LogP) is 2.53. The largest absolute Gasteiger partial charge is 0.497 e. The van der Waals surface area contributed by atoms with Crippen LogP contribution in [0.2, 0.25) is 0 Å². The van der Waals surface area contributed by atoms with Crippen LogP contribution in [-0.2, 0) is 14.2 Å². The van der Waals surface area contributed by atoms with Crippen molar-refractivity contribution < 1.29 is 19.3 Å². The lowest BCUT2D eigenvalue weighted by molar-refractivity contribution is -0.149.